The zero-order valence-corrected chi connectivity index (χ0v) is 17.9. The van der Waals surface area contributed by atoms with E-state index in [0.29, 0.717) is 37.6 Å². The SMILES string of the molecule is Cn1nc(CNC(=O)c2ccc(S(=O)(=O)N3CCOCC3)cc2)cc1-c1ccncc1. The molecule has 1 saturated heterocycles. The van der Waals surface area contributed by atoms with Gasteiger partial charge in [-0.15, -0.1) is 0 Å². The van der Waals surface area contributed by atoms with Crippen molar-refractivity contribution in [1.82, 2.24) is 24.4 Å². The molecular formula is C21H23N5O4S. The van der Waals surface area contributed by atoms with Gasteiger partial charge in [0, 0.05) is 43.7 Å². The molecule has 0 saturated carbocycles. The van der Waals surface area contributed by atoms with Gasteiger partial charge in [0.15, 0.2) is 0 Å². The molecule has 0 aliphatic carbocycles. The average molecular weight is 442 g/mol. The molecule has 1 fully saturated rings. The number of morpholine rings is 1. The maximum atomic E-state index is 12.7. The lowest BCUT2D eigenvalue weighted by Crippen LogP contribution is -2.40. The number of nitrogens with zero attached hydrogens (tertiary/aromatic N) is 4. The second-order valence-corrected chi connectivity index (χ2v) is 9.04. The number of sulfonamides is 1. The molecule has 9 nitrogen and oxygen atoms in total. The molecule has 0 bridgehead atoms. The summed E-state index contributed by atoms with van der Waals surface area (Å²) in [7, 11) is -1.74. The second kappa shape index (κ2) is 8.96. The van der Waals surface area contributed by atoms with Gasteiger partial charge in [-0.2, -0.15) is 9.40 Å². The van der Waals surface area contributed by atoms with Gasteiger partial charge in [-0.05, 0) is 42.5 Å². The third-order valence-electron chi connectivity index (χ3n) is 5.06. The quantitative estimate of drug-likeness (QED) is 0.620. The summed E-state index contributed by atoms with van der Waals surface area (Å²) >= 11 is 0. The highest BCUT2D eigenvalue weighted by Gasteiger charge is 2.26. The van der Waals surface area contributed by atoms with Crippen LogP contribution in [0.4, 0.5) is 0 Å². The molecule has 10 heteroatoms. The fraction of sp³-hybridized carbons (Fsp3) is 0.286. The van der Waals surface area contributed by atoms with Gasteiger partial charge in [0.1, 0.15) is 0 Å². The molecular weight excluding hydrogens is 418 g/mol. The summed E-state index contributed by atoms with van der Waals surface area (Å²) in [4.78, 5) is 16.7. The summed E-state index contributed by atoms with van der Waals surface area (Å²) in [5, 5.41) is 7.26. The third-order valence-corrected chi connectivity index (χ3v) is 6.97. The van der Waals surface area contributed by atoms with Gasteiger partial charge in [-0.25, -0.2) is 8.42 Å². The summed E-state index contributed by atoms with van der Waals surface area (Å²) in [5.41, 5.74) is 3.00. The molecule has 1 aliphatic rings. The van der Waals surface area contributed by atoms with Crippen LogP contribution in [0.15, 0.2) is 59.8 Å². The predicted octanol–water partition coefficient (Wildman–Crippen LogP) is 1.43. The van der Waals surface area contributed by atoms with Crippen LogP contribution in [-0.2, 0) is 28.4 Å². The minimum Gasteiger partial charge on any atom is -0.379 e. The average Bonchev–Trinajstić information content (AvgIpc) is 3.19. The third kappa shape index (κ3) is 4.66. The number of hydrogen-bond donors (Lipinski definition) is 1. The lowest BCUT2D eigenvalue weighted by molar-refractivity contribution is 0.0730. The molecule has 3 heterocycles. The summed E-state index contributed by atoms with van der Waals surface area (Å²) < 4.78 is 33.7. The Hall–Kier alpha value is -3.08. The van der Waals surface area contributed by atoms with Gasteiger partial charge in [-0.1, -0.05) is 0 Å². The topological polar surface area (TPSA) is 106 Å². The van der Waals surface area contributed by atoms with Crippen LogP contribution in [-0.4, -0.2) is 59.7 Å². The van der Waals surface area contributed by atoms with E-state index in [0.717, 1.165) is 11.3 Å². The highest BCUT2D eigenvalue weighted by molar-refractivity contribution is 7.89. The Balaban J connectivity index is 1.40. The number of aromatic nitrogens is 3. The number of nitrogens with one attached hydrogen (secondary N) is 1. The Morgan fingerprint density at radius 3 is 2.45 bits per heavy atom. The second-order valence-electron chi connectivity index (χ2n) is 7.10. The molecule has 0 radical (unpaired) electrons. The Morgan fingerprint density at radius 2 is 1.77 bits per heavy atom. The summed E-state index contributed by atoms with van der Waals surface area (Å²) in [6.45, 7) is 1.68. The van der Waals surface area contributed by atoms with E-state index >= 15 is 0 Å². The van der Waals surface area contributed by atoms with Crippen molar-refractivity contribution in [2.75, 3.05) is 26.3 Å². The van der Waals surface area contributed by atoms with Crippen LogP contribution in [0.5, 0.6) is 0 Å². The molecule has 1 aliphatic heterocycles. The van der Waals surface area contributed by atoms with Crippen molar-refractivity contribution in [3.8, 4) is 11.3 Å². The first kappa shape index (κ1) is 21.2. The minimum atomic E-state index is -3.58. The fourth-order valence-corrected chi connectivity index (χ4v) is 4.80. The summed E-state index contributed by atoms with van der Waals surface area (Å²) in [6, 6.07) is 11.7. The zero-order chi connectivity index (χ0) is 21.8. The van der Waals surface area contributed by atoms with Crippen molar-refractivity contribution < 1.29 is 17.9 Å². The Morgan fingerprint density at radius 1 is 1.10 bits per heavy atom. The maximum absolute atomic E-state index is 12.7. The predicted molar refractivity (Wildman–Crippen MR) is 114 cm³/mol. The molecule has 2 aromatic heterocycles. The first-order valence-electron chi connectivity index (χ1n) is 9.84. The van der Waals surface area contributed by atoms with Crippen LogP contribution in [0.1, 0.15) is 16.1 Å². The molecule has 1 amide bonds. The maximum Gasteiger partial charge on any atom is 0.251 e. The normalized spacial score (nSPS) is 15.0. The molecule has 0 unspecified atom stereocenters. The fourth-order valence-electron chi connectivity index (χ4n) is 3.39. The van der Waals surface area contributed by atoms with Gasteiger partial charge < -0.3 is 10.1 Å². The Bertz CT molecular complexity index is 1150. The van der Waals surface area contributed by atoms with E-state index in [2.05, 4.69) is 15.4 Å². The van der Waals surface area contributed by atoms with Gasteiger partial charge >= 0.3 is 0 Å². The number of carbonyl (C=O) groups excluding carboxylic acids is 1. The molecule has 31 heavy (non-hydrogen) atoms. The van der Waals surface area contributed by atoms with Crippen LogP contribution >= 0.6 is 0 Å². The molecule has 1 N–H and O–H groups in total. The van der Waals surface area contributed by atoms with Gasteiger partial charge in [-0.3, -0.25) is 14.5 Å². The van der Waals surface area contributed by atoms with E-state index < -0.39 is 10.0 Å². The van der Waals surface area contributed by atoms with E-state index in [1.54, 1.807) is 17.1 Å². The van der Waals surface area contributed by atoms with Crippen LogP contribution in [0.3, 0.4) is 0 Å². The van der Waals surface area contributed by atoms with E-state index in [-0.39, 0.29) is 17.3 Å². The summed E-state index contributed by atoms with van der Waals surface area (Å²) in [6.07, 6.45) is 3.43. The van der Waals surface area contributed by atoms with E-state index in [4.69, 9.17) is 4.74 Å². The smallest absolute Gasteiger partial charge is 0.251 e. The lowest BCUT2D eigenvalue weighted by atomic mass is 10.2. The van der Waals surface area contributed by atoms with E-state index in [1.807, 2.05) is 25.2 Å². The van der Waals surface area contributed by atoms with Crippen molar-refractivity contribution in [2.24, 2.45) is 7.05 Å². The number of rotatable bonds is 6. The van der Waals surface area contributed by atoms with Crippen LogP contribution in [0, 0.1) is 0 Å². The van der Waals surface area contributed by atoms with Gasteiger partial charge in [0.2, 0.25) is 10.0 Å². The Kier molecular flexibility index (Phi) is 6.12. The van der Waals surface area contributed by atoms with Crippen molar-refractivity contribution >= 4 is 15.9 Å². The first-order valence-corrected chi connectivity index (χ1v) is 11.3. The number of benzene rings is 1. The number of aryl methyl sites for hydroxylation is 1. The Labute approximate surface area is 180 Å². The zero-order valence-electron chi connectivity index (χ0n) is 17.1. The highest BCUT2D eigenvalue weighted by Crippen LogP contribution is 2.19. The number of ether oxygens (including phenoxy) is 1. The largest absolute Gasteiger partial charge is 0.379 e. The molecule has 4 rings (SSSR count). The highest BCUT2D eigenvalue weighted by atomic mass is 32.2. The van der Waals surface area contributed by atoms with Gasteiger partial charge in [0.25, 0.3) is 5.91 Å². The van der Waals surface area contributed by atoms with Crippen molar-refractivity contribution in [2.45, 2.75) is 11.4 Å². The lowest BCUT2D eigenvalue weighted by Gasteiger charge is -2.26. The minimum absolute atomic E-state index is 0.165. The molecule has 0 spiro atoms. The summed E-state index contributed by atoms with van der Waals surface area (Å²) in [5.74, 6) is -0.300. The van der Waals surface area contributed by atoms with Crippen LogP contribution in [0.2, 0.25) is 0 Å². The van der Waals surface area contributed by atoms with E-state index in [9.17, 15) is 13.2 Å². The number of pyridine rings is 1. The van der Waals surface area contributed by atoms with Crippen LogP contribution < -0.4 is 5.32 Å². The van der Waals surface area contributed by atoms with Gasteiger partial charge in [0.05, 0.1) is 36.0 Å². The van der Waals surface area contributed by atoms with Crippen molar-refractivity contribution in [1.29, 1.82) is 0 Å². The van der Waals surface area contributed by atoms with E-state index in [1.165, 1.54) is 28.6 Å². The molecule has 1 aromatic carbocycles. The monoisotopic (exact) mass is 441 g/mol. The van der Waals surface area contributed by atoms with Crippen molar-refractivity contribution in [3.05, 3.63) is 66.1 Å². The number of amides is 1. The molecule has 0 atom stereocenters. The van der Waals surface area contributed by atoms with Crippen LogP contribution in [0.25, 0.3) is 11.3 Å². The standard InChI is InChI=1S/C21H23N5O4S/c1-25-20(16-6-8-22-9-7-16)14-18(24-25)15-23-21(27)17-2-4-19(5-3-17)31(28,29)26-10-12-30-13-11-26/h2-9,14H,10-13,15H2,1H3,(H,23,27). The first-order chi connectivity index (χ1) is 14.9. The number of carbonyl (C=O) groups is 1. The van der Waals surface area contributed by atoms with Crippen molar-refractivity contribution in [3.63, 3.8) is 0 Å². The molecule has 3 aromatic rings. The molecule has 162 valence electrons. The number of hydrogen-bond acceptors (Lipinski definition) is 6.